The standard InChI is InChI=1S/C11H13BrFNO/c1-14-10-3-2-4-15-11-6-8(12)9(13)5-7(10)11/h5-6,10,14H,2-4H2,1H3. The van der Waals surface area contributed by atoms with Gasteiger partial charge in [0.05, 0.1) is 11.1 Å². The summed E-state index contributed by atoms with van der Waals surface area (Å²) in [6, 6.07) is 3.44. The highest BCUT2D eigenvalue weighted by atomic mass is 79.9. The first-order valence-corrected chi connectivity index (χ1v) is 5.80. The van der Waals surface area contributed by atoms with Crippen LogP contribution >= 0.6 is 15.9 Å². The van der Waals surface area contributed by atoms with Crippen LogP contribution in [0, 0.1) is 5.82 Å². The second-order valence-electron chi connectivity index (χ2n) is 3.64. The molecule has 1 unspecified atom stereocenters. The van der Waals surface area contributed by atoms with Gasteiger partial charge in [-0.1, -0.05) is 0 Å². The molecular weight excluding hydrogens is 261 g/mol. The van der Waals surface area contributed by atoms with E-state index in [1.165, 1.54) is 0 Å². The topological polar surface area (TPSA) is 21.3 Å². The molecule has 0 amide bonds. The van der Waals surface area contributed by atoms with Gasteiger partial charge in [0, 0.05) is 11.6 Å². The molecule has 1 aliphatic heterocycles. The number of halogens is 2. The monoisotopic (exact) mass is 273 g/mol. The van der Waals surface area contributed by atoms with Gasteiger partial charge >= 0.3 is 0 Å². The highest BCUT2D eigenvalue weighted by Gasteiger charge is 2.20. The van der Waals surface area contributed by atoms with Gasteiger partial charge in [0.1, 0.15) is 11.6 Å². The lowest BCUT2D eigenvalue weighted by molar-refractivity contribution is 0.315. The van der Waals surface area contributed by atoms with Crippen molar-refractivity contribution in [2.75, 3.05) is 13.7 Å². The van der Waals surface area contributed by atoms with E-state index in [2.05, 4.69) is 21.2 Å². The summed E-state index contributed by atoms with van der Waals surface area (Å²) >= 11 is 3.17. The second kappa shape index (κ2) is 4.49. The summed E-state index contributed by atoms with van der Waals surface area (Å²) < 4.78 is 19.5. The zero-order valence-corrected chi connectivity index (χ0v) is 10.1. The van der Waals surface area contributed by atoms with Crippen LogP contribution in [0.5, 0.6) is 5.75 Å². The van der Waals surface area contributed by atoms with Crippen molar-refractivity contribution >= 4 is 15.9 Å². The fourth-order valence-corrected chi connectivity index (χ4v) is 2.19. The van der Waals surface area contributed by atoms with Crippen LogP contribution in [0.25, 0.3) is 0 Å². The molecule has 4 heteroatoms. The molecule has 1 aromatic rings. The predicted octanol–water partition coefficient (Wildman–Crippen LogP) is 3.02. The molecule has 0 radical (unpaired) electrons. The average Bonchev–Trinajstić information content (AvgIpc) is 2.41. The van der Waals surface area contributed by atoms with Crippen LogP contribution in [0.4, 0.5) is 4.39 Å². The summed E-state index contributed by atoms with van der Waals surface area (Å²) in [5, 5.41) is 3.18. The van der Waals surface area contributed by atoms with Gasteiger partial charge < -0.3 is 10.1 Å². The Labute approximate surface area is 96.9 Å². The fraction of sp³-hybridized carbons (Fsp3) is 0.455. The number of benzene rings is 1. The Morgan fingerprint density at radius 1 is 1.53 bits per heavy atom. The van der Waals surface area contributed by atoms with Gasteiger partial charge in [0.2, 0.25) is 0 Å². The Morgan fingerprint density at radius 3 is 3.07 bits per heavy atom. The number of hydrogen-bond donors (Lipinski definition) is 1. The highest BCUT2D eigenvalue weighted by molar-refractivity contribution is 9.10. The van der Waals surface area contributed by atoms with E-state index in [9.17, 15) is 4.39 Å². The Balaban J connectivity index is 2.46. The Bertz CT molecular complexity index is 370. The average molecular weight is 274 g/mol. The summed E-state index contributed by atoms with van der Waals surface area (Å²) in [5.74, 6) is 0.541. The van der Waals surface area contributed by atoms with Crippen LogP contribution in [0.1, 0.15) is 24.4 Å². The molecular formula is C11H13BrFNO. The molecule has 0 saturated heterocycles. The molecule has 1 aromatic carbocycles. The van der Waals surface area contributed by atoms with Gasteiger partial charge in [-0.25, -0.2) is 4.39 Å². The lowest BCUT2D eigenvalue weighted by Gasteiger charge is -2.16. The van der Waals surface area contributed by atoms with Crippen molar-refractivity contribution in [2.45, 2.75) is 18.9 Å². The lowest BCUT2D eigenvalue weighted by atomic mass is 10.0. The molecule has 1 heterocycles. The minimum absolute atomic E-state index is 0.185. The van der Waals surface area contributed by atoms with Gasteiger partial charge in [-0.2, -0.15) is 0 Å². The number of ether oxygens (including phenoxy) is 1. The summed E-state index contributed by atoms with van der Waals surface area (Å²) in [6.45, 7) is 0.698. The van der Waals surface area contributed by atoms with E-state index in [1.54, 1.807) is 12.1 Å². The second-order valence-corrected chi connectivity index (χ2v) is 4.49. The van der Waals surface area contributed by atoms with Gasteiger partial charge in [-0.15, -0.1) is 0 Å². The third kappa shape index (κ3) is 2.16. The third-order valence-corrected chi connectivity index (χ3v) is 3.28. The van der Waals surface area contributed by atoms with Crippen LogP contribution in [0.15, 0.2) is 16.6 Å². The van der Waals surface area contributed by atoms with Crippen LogP contribution in [-0.4, -0.2) is 13.7 Å². The largest absolute Gasteiger partial charge is 0.493 e. The smallest absolute Gasteiger partial charge is 0.137 e. The maximum Gasteiger partial charge on any atom is 0.137 e. The number of fused-ring (bicyclic) bond motifs is 1. The van der Waals surface area contributed by atoms with Crippen molar-refractivity contribution in [3.63, 3.8) is 0 Å². The number of hydrogen-bond acceptors (Lipinski definition) is 2. The molecule has 0 saturated carbocycles. The van der Waals surface area contributed by atoms with E-state index in [-0.39, 0.29) is 11.9 Å². The van der Waals surface area contributed by atoms with Crippen molar-refractivity contribution in [1.82, 2.24) is 5.32 Å². The molecule has 0 bridgehead atoms. The minimum Gasteiger partial charge on any atom is -0.493 e. The molecule has 0 aromatic heterocycles. The van der Waals surface area contributed by atoms with E-state index in [1.807, 2.05) is 7.05 Å². The minimum atomic E-state index is -0.237. The first kappa shape index (κ1) is 10.9. The number of rotatable bonds is 1. The van der Waals surface area contributed by atoms with E-state index in [0.717, 1.165) is 24.2 Å². The summed E-state index contributed by atoms with van der Waals surface area (Å²) in [4.78, 5) is 0. The van der Waals surface area contributed by atoms with Crippen molar-refractivity contribution in [2.24, 2.45) is 0 Å². The Hall–Kier alpha value is -0.610. The molecule has 0 spiro atoms. The first-order chi connectivity index (χ1) is 7.22. The molecule has 0 aliphatic carbocycles. The van der Waals surface area contributed by atoms with Gasteiger partial charge in [0.15, 0.2) is 0 Å². The fourth-order valence-electron chi connectivity index (χ4n) is 1.87. The van der Waals surface area contributed by atoms with Gasteiger partial charge in [0.25, 0.3) is 0 Å². The van der Waals surface area contributed by atoms with Crippen LogP contribution in [0.3, 0.4) is 0 Å². The van der Waals surface area contributed by atoms with E-state index in [0.29, 0.717) is 11.1 Å². The zero-order valence-electron chi connectivity index (χ0n) is 8.52. The summed E-state index contributed by atoms with van der Waals surface area (Å²) in [5.41, 5.74) is 0.913. The van der Waals surface area contributed by atoms with E-state index >= 15 is 0 Å². The van der Waals surface area contributed by atoms with E-state index < -0.39 is 0 Å². The highest BCUT2D eigenvalue weighted by Crippen LogP contribution is 2.34. The zero-order chi connectivity index (χ0) is 10.8. The molecule has 2 rings (SSSR count). The normalized spacial score (nSPS) is 20.3. The Kier molecular flexibility index (Phi) is 3.26. The predicted molar refractivity (Wildman–Crippen MR) is 60.6 cm³/mol. The van der Waals surface area contributed by atoms with E-state index in [4.69, 9.17) is 4.74 Å². The van der Waals surface area contributed by atoms with Crippen molar-refractivity contribution in [3.8, 4) is 5.75 Å². The maximum absolute atomic E-state index is 13.4. The molecule has 1 atom stereocenters. The molecule has 1 aliphatic rings. The quantitative estimate of drug-likeness (QED) is 0.850. The molecule has 2 nitrogen and oxygen atoms in total. The molecule has 0 fully saturated rings. The maximum atomic E-state index is 13.4. The van der Waals surface area contributed by atoms with Gasteiger partial charge in [-0.3, -0.25) is 0 Å². The van der Waals surface area contributed by atoms with Crippen molar-refractivity contribution in [1.29, 1.82) is 0 Å². The van der Waals surface area contributed by atoms with Crippen molar-refractivity contribution in [3.05, 3.63) is 28.0 Å². The van der Waals surface area contributed by atoms with Crippen molar-refractivity contribution < 1.29 is 9.13 Å². The SMILES string of the molecule is CNC1CCCOc2cc(Br)c(F)cc21. The van der Waals surface area contributed by atoms with Gasteiger partial charge in [-0.05, 0) is 48.0 Å². The summed E-state index contributed by atoms with van der Waals surface area (Å²) in [6.07, 6.45) is 1.96. The lowest BCUT2D eigenvalue weighted by Crippen LogP contribution is -2.15. The Morgan fingerprint density at radius 2 is 2.33 bits per heavy atom. The van der Waals surface area contributed by atoms with Crippen LogP contribution in [0.2, 0.25) is 0 Å². The third-order valence-electron chi connectivity index (χ3n) is 2.67. The first-order valence-electron chi connectivity index (χ1n) is 5.01. The van der Waals surface area contributed by atoms with Crippen LogP contribution < -0.4 is 10.1 Å². The molecule has 1 N–H and O–H groups in total. The summed E-state index contributed by atoms with van der Waals surface area (Å²) in [7, 11) is 1.89. The molecule has 15 heavy (non-hydrogen) atoms. The number of nitrogens with one attached hydrogen (secondary N) is 1. The van der Waals surface area contributed by atoms with Crippen LogP contribution in [-0.2, 0) is 0 Å². The molecule has 82 valence electrons.